The fraction of sp³-hybridized carbons (Fsp3) is 1.00. The lowest BCUT2D eigenvalue weighted by Crippen LogP contribution is -2.37. The van der Waals surface area contributed by atoms with Crippen molar-refractivity contribution in [2.75, 3.05) is 0 Å². The maximum atomic E-state index is 11.9. The van der Waals surface area contributed by atoms with Crippen LogP contribution in [0.3, 0.4) is 0 Å². The van der Waals surface area contributed by atoms with Gasteiger partial charge in [0, 0.05) is 12.8 Å². The summed E-state index contributed by atoms with van der Waals surface area (Å²) in [5.74, 6) is -7.14. The van der Waals surface area contributed by atoms with E-state index in [0.717, 1.165) is 43.4 Å². The monoisotopic (exact) mass is 1380 g/mol. The van der Waals surface area contributed by atoms with Gasteiger partial charge in [0.25, 0.3) is 0 Å². The van der Waals surface area contributed by atoms with Gasteiger partial charge in [0.05, 0.1) is 11.8 Å². The van der Waals surface area contributed by atoms with Crippen LogP contribution in [0, 0.1) is 70.0 Å². The Labute approximate surface area is 531 Å². The molecule has 0 nitrogen and oxygen atoms in total. The van der Waals surface area contributed by atoms with Gasteiger partial charge in [-0.05, 0) is 72.0 Å². The van der Waals surface area contributed by atoms with Crippen LogP contribution in [0.2, 0.25) is 0 Å². The molecule has 0 N–H and O–H groups in total. The summed E-state index contributed by atoms with van der Waals surface area (Å²) in [6.07, 6.45) is -27.5. The van der Waals surface area contributed by atoms with Crippen LogP contribution in [0.4, 0.5) is 105 Å². The van der Waals surface area contributed by atoms with Crippen molar-refractivity contribution in [3.8, 4) is 0 Å². The molecule has 90 heavy (non-hydrogen) atoms. The fourth-order valence-corrected chi connectivity index (χ4v) is 5.23. The Morgan fingerprint density at radius 2 is 0.622 bits per heavy atom. The minimum atomic E-state index is -5.19. The number of hydrogen-bond donors (Lipinski definition) is 0. The molecule has 4 atom stereocenters. The SMILES string of the molecule is CC(C)C(C)C.CC(C)CC(C(F)(F)F)C(F)(F)F.CCC(C)(C)C.CCC(C)(C)C.CCC(C)CC.CCCCC(C(F)(F)F)C(F)(F)F.CCCCCCC(F)(F)F.CCCC[C@H](C)C(F)(F)F.CCC[C@H](C)CC(F)(F)F.CC[C@H](C)C(C)C(F)(F)F. The lowest BCUT2D eigenvalue weighted by atomic mass is 9.93. The smallest absolute Gasteiger partial charge is 0.171 e. The standard InChI is InChI=1S/2C7H10F6.4C7H13F3.4C6H14/c1-4(2)3-5(6(8,9)10)7(11,12)13;1-2-3-4-5(6(8,9)10)7(11,12)13;1-4-5(2)6(3)7(8,9)10;1-3-4-6(2)5-7(8,9)10;1-3-4-5-6(2)7(8,9)10;1-2-3-4-5-6-7(8,9)10;2*1-5-6(2,3)4;1-5(2)6(3)4;1-4-6(3)5-2/h4-5H,3H2,1-2H3;5H,2-4H2,1H3;5-6H,4H2,1-3H3;2*6H,3-5H2,1-2H3;2-6H2,1H3;2*5H2,1-4H3;5-6H,1-4H3;6H,4-5H2,1-3H3/t;;5-,6?;2*6-;;;;;/m..000...../s1. The van der Waals surface area contributed by atoms with Crippen LogP contribution in [0.25, 0.3) is 0 Å². The Morgan fingerprint density at radius 1 is 0.300 bits per heavy atom. The zero-order valence-electron chi connectivity index (χ0n) is 60.0. The Balaban J connectivity index is -0.0000001000. The second kappa shape index (κ2) is 55.5. The zero-order chi connectivity index (χ0) is 74.9. The van der Waals surface area contributed by atoms with Crippen LogP contribution in [0.5, 0.6) is 0 Å². The van der Waals surface area contributed by atoms with Gasteiger partial charge in [-0.1, -0.05) is 270 Å². The van der Waals surface area contributed by atoms with Gasteiger partial charge < -0.3 is 0 Å². The molecule has 0 radical (unpaired) electrons. The van der Waals surface area contributed by atoms with Crippen LogP contribution in [0.1, 0.15) is 308 Å². The molecule has 0 saturated heterocycles. The van der Waals surface area contributed by atoms with Crippen LogP contribution in [-0.2, 0) is 0 Å². The third-order valence-electron chi connectivity index (χ3n) is 14.2. The molecule has 0 heterocycles. The molecule has 1 unspecified atom stereocenters. The van der Waals surface area contributed by atoms with Gasteiger partial charge in [0.2, 0.25) is 0 Å². The molecule has 560 valence electrons. The quantitative estimate of drug-likeness (QED) is 0.0842. The molecule has 0 aliphatic carbocycles. The molecule has 0 aromatic carbocycles. The minimum absolute atomic E-state index is 0.0658. The molecular weight excluding hydrogens is 1250 g/mol. The van der Waals surface area contributed by atoms with Crippen molar-refractivity contribution >= 4 is 0 Å². The molecular formula is C66H128F24. The lowest BCUT2D eigenvalue weighted by molar-refractivity contribution is -0.288. The van der Waals surface area contributed by atoms with E-state index in [1.54, 1.807) is 27.7 Å². The van der Waals surface area contributed by atoms with Crippen molar-refractivity contribution in [1.82, 2.24) is 0 Å². The highest BCUT2D eigenvalue weighted by Crippen LogP contribution is 2.44. The predicted octanol–water partition coefficient (Wildman–Crippen LogP) is 30.8. The van der Waals surface area contributed by atoms with E-state index >= 15 is 0 Å². The topological polar surface area (TPSA) is 0 Å². The zero-order valence-corrected chi connectivity index (χ0v) is 60.0. The number of rotatable bonds is 20. The van der Waals surface area contributed by atoms with E-state index in [2.05, 4.69) is 104 Å². The molecule has 0 bridgehead atoms. The van der Waals surface area contributed by atoms with Gasteiger partial charge in [-0.25, -0.2) is 0 Å². The number of hydrogen-bond acceptors (Lipinski definition) is 0. The van der Waals surface area contributed by atoms with Gasteiger partial charge in [-0.2, -0.15) is 105 Å². The highest BCUT2D eigenvalue weighted by molar-refractivity contribution is 4.77. The first kappa shape index (κ1) is 110. The van der Waals surface area contributed by atoms with E-state index in [1.165, 1.54) is 53.4 Å². The molecule has 0 aromatic rings. The molecule has 0 aromatic heterocycles. The van der Waals surface area contributed by atoms with Gasteiger partial charge in [-0.15, -0.1) is 0 Å². The van der Waals surface area contributed by atoms with Gasteiger partial charge in [0.15, 0.2) is 11.8 Å². The first-order valence-corrected chi connectivity index (χ1v) is 32.2. The molecule has 0 rings (SSSR count). The Morgan fingerprint density at radius 3 is 0.789 bits per heavy atom. The van der Waals surface area contributed by atoms with Crippen molar-refractivity contribution in [3.63, 3.8) is 0 Å². The molecule has 0 aliphatic rings. The minimum Gasteiger partial charge on any atom is -0.171 e. The highest BCUT2D eigenvalue weighted by Gasteiger charge is 2.57. The Hall–Kier alpha value is -1.68. The number of halogens is 24. The summed E-state index contributed by atoms with van der Waals surface area (Å²) >= 11 is 0. The maximum absolute atomic E-state index is 11.9. The van der Waals surface area contributed by atoms with E-state index in [9.17, 15) is 105 Å². The third kappa shape index (κ3) is 95.0. The number of alkyl halides is 24. The van der Waals surface area contributed by atoms with Crippen LogP contribution < -0.4 is 0 Å². The summed E-state index contributed by atoms with van der Waals surface area (Å²) in [6.45, 7) is 51.0. The maximum Gasteiger partial charge on any atom is 0.400 e. The van der Waals surface area contributed by atoms with Gasteiger partial charge in [0.1, 0.15) is 0 Å². The first-order chi connectivity index (χ1) is 39.7. The average Bonchev–Trinajstić information content (AvgIpc) is 2.31. The normalized spacial score (nSPS) is 13.9. The van der Waals surface area contributed by atoms with E-state index in [4.69, 9.17) is 0 Å². The summed E-state index contributed by atoms with van der Waals surface area (Å²) in [5.41, 5.74) is 1.08. The summed E-state index contributed by atoms with van der Waals surface area (Å²) in [6, 6.07) is 0. The molecule has 0 saturated carbocycles. The van der Waals surface area contributed by atoms with Crippen molar-refractivity contribution in [3.05, 3.63) is 0 Å². The first-order valence-electron chi connectivity index (χ1n) is 32.2. The summed E-state index contributed by atoms with van der Waals surface area (Å²) in [5, 5.41) is 0. The molecule has 0 amide bonds. The van der Waals surface area contributed by atoms with Crippen molar-refractivity contribution in [2.45, 2.75) is 358 Å². The molecule has 0 aliphatic heterocycles. The van der Waals surface area contributed by atoms with Crippen molar-refractivity contribution in [2.24, 2.45) is 70.0 Å². The number of unbranched alkanes of at least 4 members (excludes halogenated alkanes) is 5. The van der Waals surface area contributed by atoms with Crippen LogP contribution in [0.15, 0.2) is 0 Å². The fourth-order valence-electron chi connectivity index (χ4n) is 5.23. The van der Waals surface area contributed by atoms with E-state index in [0.29, 0.717) is 42.9 Å². The van der Waals surface area contributed by atoms with E-state index < -0.39 is 105 Å². The summed E-state index contributed by atoms with van der Waals surface area (Å²) in [4.78, 5) is 0. The highest BCUT2D eigenvalue weighted by atomic mass is 19.4. The summed E-state index contributed by atoms with van der Waals surface area (Å²) in [7, 11) is 0. The van der Waals surface area contributed by atoms with Gasteiger partial charge >= 0.3 is 49.4 Å². The van der Waals surface area contributed by atoms with Crippen molar-refractivity contribution in [1.29, 1.82) is 0 Å². The second-order valence-corrected chi connectivity index (χ2v) is 26.7. The lowest BCUT2D eigenvalue weighted by Gasteiger charge is -2.24. The Kier molecular flexibility index (Phi) is 67.6. The summed E-state index contributed by atoms with van der Waals surface area (Å²) < 4.78 is 282. The van der Waals surface area contributed by atoms with Crippen LogP contribution in [-0.4, -0.2) is 49.4 Å². The molecule has 24 heteroatoms. The van der Waals surface area contributed by atoms with Gasteiger partial charge in [-0.3, -0.25) is 0 Å². The van der Waals surface area contributed by atoms with Crippen LogP contribution >= 0.6 is 0 Å². The van der Waals surface area contributed by atoms with E-state index in [1.807, 2.05) is 20.8 Å². The van der Waals surface area contributed by atoms with Crippen molar-refractivity contribution < 1.29 is 105 Å². The second-order valence-electron chi connectivity index (χ2n) is 26.7. The predicted molar refractivity (Wildman–Crippen MR) is 328 cm³/mol. The largest absolute Gasteiger partial charge is 0.400 e. The average molecular weight is 1380 g/mol. The Bertz CT molecular complexity index is 1410. The molecule has 0 fully saturated rings. The molecule has 0 spiro atoms. The third-order valence-corrected chi connectivity index (χ3v) is 14.2. The van der Waals surface area contributed by atoms with E-state index in [-0.39, 0.29) is 31.1 Å².